The minimum absolute atomic E-state index is 0.120. The lowest BCUT2D eigenvalue weighted by Crippen LogP contribution is -2.19. The normalized spacial score (nSPS) is 14.4. The molecule has 1 aliphatic carbocycles. The van der Waals surface area contributed by atoms with Crippen molar-refractivity contribution in [2.75, 3.05) is 5.32 Å². The first-order valence-electron chi connectivity index (χ1n) is 8.85. The number of anilines is 1. The second-order valence-corrected chi connectivity index (χ2v) is 7.47. The predicted molar refractivity (Wildman–Crippen MR) is 112 cm³/mol. The van der Waals surface area contributed by atoms with Crippen LogP contribution in [0.2, 0.25) is 0 Å². The zero-order valence-electron chi connectivity index (χ0n) is 15.3. The van der Waals surface area contributed by atoms with Crippen molar-refractivity contribution < 1.29 is 7.86 Å². The van der Waals surface area contributed by atoms with Gasteiger partial charge < -0.3 is 13.4 Å². The summed E-state index contributed by atoms with van der Waals surface area (Å²) in [7, 11) is 0. The Morgan fingerprint density at radius 2 is 2.22 bits per heavy atom. The van der Waals surface area contributed by atoms with E-state index in [0.717, 1.165) is 36.1 Å². The van der Waals surface area contributed by atoms with Crippen LogP contribution in [-0.2, 0) is 8.67 Å². The predicted octanol–water partition coefficient (Wildman–Crippen LogP) is 5.09. The largest absolute Gasteiger partial charge is 0.326 e. The van der Waals surface area contributed by atoms with Gasteiger partial charge in [0.1, 0.15) is 40.4 Å². The molecule has 1 aromatic heterocycles. The maximum Gasteiger partial charge on any atom is 0.291 e. The molecule has 3 rings (SSSR count). The molecule has 0 saturated heterocycles. The fourth-order valence-corrected chi connectivity index (χ4v) is 3.35. The standard InChI is InChI=1S/C20H21IN4O2/c1-20(2,27-21)14-8-9-17(16(10-14)13-6-4-3-5-7-13)25-19(26)18-23-12-15(11-22)24-18/h6,8-10,12H,3-5,7H2,1-2H3,(H,23,24)(H,25,26). The van der Waals surface area contributed by atoms with E-state index in [-0.39, 0.29) is 17.4 Å². The van der Waals surface area contributed by atoms with Crippen molar-refractivity contribution in [2.45, 2.75) is 45.1 Å². The number of hydrogen-bond donors (Lipinski definition) is 2. The van der Waals surface area contributed by atoms with E-state index in [9.17, 15) is 4.79 Å². The second kappa shape index (κ2) is 8.23. The number of nitrogens with one attached hydrogen (secondary N) is 2. The third kappa shape index (κ3) is 4.39. The number of imidazole rings is 1. The summed E-state index contributed by atoms with van der Waals surface area (Å²) in [5.41, 5.74) is 3.84. The van der Waals surface area contributed by atoms with Crippen molar-refractivity contribution in [3.63, 3.8) is 0 Å². The minimum Gasteiger partial charge on any atom is -0.326 e. The number of nitriles is 1. The first kappa shape index (κ1) is 19.6. The van der Waals surface area contributed by atoms with Crippen LogP contribution in [0.4, 0.5) is 5.69 Å². The van der Waals surface area contributed by atoms with Gasteiger partial charge in [0.25, 0.3) is 5.91 Å². The van der Waals surface area contributed by atoms with Crippen LogP contribution in [0.1, 0.15) is 67.0 Å². The van der Waals surface area contributed by atoms with Crippen molar-refractivity contribution in [2.24, 2.45) is 0 Å². The SMILES string of the molecule is CC(C)(OI)c1ccc(NC(=O)c2ncc(C#N)[nH]2)c(C2=CCCCC2)c1. The number of H-pyrrole nitrogens is 1. The molecule has 1 amide bonds. The average Bonchev–Trinajstić information content (AvgIpc) is 3.18. The Kier molecular flexibility index (Phi) is 5.97. The van der Waals surface area contributed by atoms with E-state index < -0.39 is 5.60 Å². The Morgan fingerprint density at radius 1 is 1.41 bits per heavy atom. The van der Waals surface area contributed by atoms with E-state index >= 15 is 0 Å². The van der Waals surface area contributed by atoms with Crippen molar-refractivity contribution >= 4 is 40.2 Å². The maximum absolute atomic E-state index is 12.6. The number of carbonyl (C=O) groups excluding carboxylic acids is 1. The number of aromatic nitrogens is 2. The lowest BCUT2D eigenvalue weighted by atomic mass is 9.88. The molecule has 2 aromatic rings. The van der Waals surface area contributed by atoms with Crippen LogP contribution in [0.3, 0.4) is 0 Å². The van der Waals surface area contributed by atoms with Crippen molar-refractivity contribution in [3.05, 3.63) is 53.1 Å². The Balaban J connectivity index is 1.97. The third-order valence-electron chi connectivity index (χ3n) is 4.70. The van der Waals surface area contributed by atoms with Gasteiger partial charge in [0.15, 0.2) is 5.82 Å². The molecule has 0 radical (unpaired) electrons. The summed E-state index contributed by atoms with van der Waals surface area (Å²) in [6, 6.07) is 7.90. The fraction of sp³-hybridized carbons (Fsp3) is 0.350. The van der Waals surface area contributed by atoms with E-state index in [4.69, 9.17) is 8.33 Å². The quantitative estimate of drug-likeness (QED) is 0.588. The highest BCUT2D eigenvalue weighted by Crippen LogP contribution is 2.36. The molecule has 0 bridgehead atoms. The molecule has 6 nitrogen and oxygen atoms in total. The summed E-state index contributed by atoms with van der Waals surface area (Å²) < 4.78 is 5.59. The summed E-state index contributed by atoms with van der Waals surface area (Å²) in [6.45, 7) is 4.02. The summed E-state index contributed by atoms with van der Waals surface area (Å²) in [5, 5.41) is 11.8. The van der Waals surface area contributed by atoms with E-state index in [2.05, 4.69) is 27.4 Å². The number of aromatic amines is 1. The zero-order chi connectivity index (χ0) is 19.4. The average molecular weight is 476 g/mol. The molecule has 2 N–H and O–H groups in total. The number of benzene rings is 1. The van der Waals surface area contributed by atoms with Gasteiger partial charge in [-0.1, -0.05) is 12.1 Å². The van der Waals surface area contributed by atoms with Gasteiger partial charge in [-0.15, -0.1) is 0 Å². The molecule has 0 spiro atoms. The molecule has 1 heterocycles. The summed E-state index contributed by atoms with van der Waals surface area (Å²) in [6.07, 6.45) is 7.95. The maximum atomic E-state index is 12.6. The highest BCUT2D eigenvalue weighted by Gasteiger charge is 2.23. The van der Waals surface area contributed by atoms with Gasteiger partial charge in [-0.05, 0) is 62.8 Å². The molecule has 0 atom stereocenters. The molecule has 0 fully saturated rings. The molecule has 27 heavy (non-hydrogen) atoms. The van der Waals surface area contributed by atoms with Crippen LogP contribution in [0.5, 0.6) is 0 Å². The number of allylic oxidation sites excluding steroid dienone is 2. The third-order valence-corrected chi connectivity index (χ3v) is 5.81. The number of carbonyl (C=O) groups is 1. The summed E-state index contributed by atoms with van der Waals surface area (Å²) in [4.78, 5) is 19.2. The van der Waals surface area contributed by atoms with Gasteiger partial charge in [-0.25, -0.2) is 4.98 Å². The topological polar surface area (TPSA) is 90.8 Å². The monoisotopic (exact) mass is 476 g/mol. The van der Waals surface area contributed by atoms with Gasteiger partial charge in [-0.2, -0.15) is 5.26 Å². The number of amides is 1. The van der Waals surface area contributed by atoms with E-state index in [1.54, 1.807) is 0 Å². The molecule has 7 heteroatoms. The minimum atomic E-state index is -0.435. The van der Waals surface area contributed by atoms with Crippen LogP contribution >= 0.6 is 23.0 Å². The Morgan fingerprint density at radius 3 is 2.85 bits per heavy atom. The lowest BCUT2D eigenvalue weighted by molar-refractivity contribution is 0.101. The number of rotatable bonds is 5. The number of halogens is 1. The van der Waals surface area contributed by atoms with Crippen LogP contribution in [-0.4, -0.2) is 15.9 Å². The highest BCUT2D eigenvalue weighted by atomic mass is 127. The molecule has 140 valence electrons. The van der Waals surface area contributed by atoms with Crippen molar-refractivity contribution in [1.29, 1.82) is 5.26 Å². The second-order valence-electron chi connectivity index (χ2n) is 7.03. The van der Waals surface area contributed by atoms with Crippen LogP contribution < -0.4 is 5.32 Å². The van der Waals surface area contributed by atoms with Gasteiger partial charge in [0.05, 0.1) is 6.20 Å². The Hall–Kier alpha value is -2.18. The highest BCUT2D eigenvalue weighted by molar-refractivity contribution is 14.1. The molecule has 0 unspecified atom stereocenters. The van der Waals surface area contributed by atoms with Gasteiger partial charge in [0.2, 0.25) is 0 Å². The first-order valence-corrected chi connectivity index (χ1v) is 9.73. The van der Waals surface area contributed by atoms with Gasteiger partial charge in [-0.3, -0.25) is 4.79 Å². The van der Waals surface area contributed by atoms with Crippen LogP contribution in [0.25, 0.3) is 5.57 Å². The van der Waals surface area contributed by atoms with Gasteiger partial charge >= 0.3 is 0 Å². The molecule has 1 aliphatic rings. The summed E-state index contributed by atoms with van der Waals surface area (Å²) >= 11 is 1.92. The van der Waals surface area contributed by atoms with Crippen LogP contribution in [0, 0.1) is 11.3 Å². The zero-order valence-corrected chi connectivity index (χ0v) is 17.5. The molecular formula is C20H21IN4O2. The van der Waals surface area contributed by atoms with Crippen molar-refractivity contribution in [1.82, 2.24) is 9.97 Å². The smallest absolute Gasteiger partial charge is 0.291 e. The Labute approximate surface area is 172 Å². The molecular weight excluding hydrogens is 455 g/mol. The number of hydrogen-bond acceptors (Lipinski definition) is 4. The van der Waals surface area contributed by atoms with E-state index in [1.165, 1.54) is 18.2 Å². The van der Waals surface area contributed by atoms with E-state index in [1.807, 2.05) is 55.1 Å². The Bertz CT molecular complexity index is 924. The fourth-order valence-electron chi connectivity index (χ4n) is 3.10. The first-order chi connectivity index (χ1) is 12.9. The van der Waals surface area contributed by atoms with Crippen molar-refractivity contribution in [3.8, 4) is 6.07 Å². The summed E-state index contributed by atoms with van der Waals surface area (Å²) in [5.74, 6) is -0.249. The van der Waals surface area contributed by atoms with Crippen LogP contribution in [0.15, 0.2) is 30.5 Å². The molecule has 1 aromatic carbocycles. The van der Waals surface area contributed by atoms with E-state index in [0.29, 0.717) is 0 Å². The van der Waals surface area contributed by atoms with Gasteiger partial charge in [0, 0.05) is 11.3 Å². The molecule has 0 aliphatic heterocycles. The molecule has 0 saturated carbocycles. The number of nitrogens with zero attached hydrogens (tertiary/aromatic N) is 2. The lowest BCUT2D eigenvalue weighted by Gasteiger charge is -2.25.